The second kappa shape index (κ2) is 5.39. The highest BCUT2D eigenvalue weighted by molar-refractivity contribution is 7.61. The maximum atomic E-state index is 13.3. The fourth-order valence-corrected chi connectivity index (χ4v) is 1.56. The summed E-state index contributed by atoms with van der Waals surface area (Å²) < 4.78 is 36.7. The molecule has 17 heavy (non-hydrogen) atoms. The van der Waals surface area contributed by atoms with E-state index in [0.29, 0.717) is 0 Å². The van der Waals surface area contributed by atoms with Crippen LogP contribution in [-0.2, 0) is 21.7 Å². The summed E-state index contributed by atoms with van der Waals surface area (Å²) in [5.41, 5.74) is -0.0376. The largest absolute Gasteiger partial charge is 0.508 e. The van der Waals surface area contributed by atoms with Gasteiger partial charge >= 0.3 is 16.5 Å². The number of hydrogen-bond acceptors (Lipinski definition) is 5. The molecule has 1 aromatic rings. The molecule has 0 aromatic heterocycles. The van der Waals surface area contributed by atoms with Crippen LogP contribution < -0.4 is 0 Å². The quantitative estimate of drug-likeness (QED) is 0.825. The molecular weight excluding hydrogens is 253 g/mol. The van der Waals surface area contributed by atoms with Crippen molar-refractivity contribution in [2.45, 2.75) is 12.5 Å². The van der Waals surface area contributed by atoms with E-state index in [0.717, 1.165) is 6.07 Å². The van der Waals surface area contributed by atoms with Crippen molar-refractivity contribution in [3.8, 4) is 5.75 Å². The van der Waals surface area contributed by atoms with Crippen molar-refractivity contribution in [3.63, 3.8) is 0 Å². The van der Waals surface area contributed by atoms with Crippen molar-refractivity contribution < 1.29 is 27.8 Å². The fraction of sp³-hybridized carbons (Fsp3) is 0.222. The SMILES string of the molecule is O=C(O)C(Cc1ccc(O)cc1F)N=S(=O)=O. The van der Waals surface area contributed by atoms with E-state index in [2.05, 4.69) is 4.36 Å². The molecule has 1 rings (SSSR count). The zero-order chi connectivity index (χ0) is 13.0. The lowest BCUT2D eigenvalue weighted by atomic mass is 10.1. The number of aromatic hydroxyl groups is 1. The smallest absolute Gasteiger partial charge is 0.330 e. The molecule has 1 atom stereocenters. The summed E-state index contributed by atoms with van der Waals surface area (Å²) in [6.07, 6.45) is -0.407. The van der Waals surface area contributed by atoms with Gasteiger partial charge in [0, 0.05) is 12.5 Å². The van der Waals surface area contributed by atoms with Crippen molar-refractivity contribution in [2.75, 3.05) is 0 Å². The van der Waals surface area contributed by atoms with Crippen molar-refractivity contribution in [2.24, 2.45) is 4.36 Å². The summed E-state index contributed by atoms with van der Waals surface area (Å²) in [5.74, 6) is -2.59. The molecule has 0 radical (unpaired) electrons. The number of halogens is 1. The number of carboxylic acid groups (broad SMARTS) is 1. The zero-order valence-corrected chi connectivity index (χ0v) is 9.19. The molecule has 8 heteroatoms. The van der Waals surface area contributed by atoms with E-state index in [-0.39, 0.29) is 11.3 Å². The van der Waals surface area contributed by atoms with Gasteiger partial charge in [0.15, 0.2) is 6.04 Å². The summed E-state index contributed by atoms with van der Waals surface area (Å²) in [6.45, 7) is 0. The minimum Gasteiger partial charge on any atom is -0.508 e. The summed E-state index contributed by atoms with van der Waals surface area (Å²) >= 11 is 0. The minimum absolute atomic E-state index is 0.0376. The molecule has 2 N–H and O–H groups in total. The Morgan fingerprint density at radius 3 is 2.59 bits per heavy atom. The van der Waals surface area contributed by atoms with Crippen LogP contribution in [0.4, 0.5) is 4.39 Å². The van der Waals surface area contributed by atoms with E-state index in [1.54, 1.807) is 0 Å². The molecule has 0 aliphatic carbocycles. The number of aliphatic carboxylic acids is 1. The number of benzene rings is 1. The Kier molecular flexibility index (Phi) is 4.16. The number of carbonyl (C=O) groups is 1. The van der Waals surface area contributed by atoms with E-state index < -0.39 is 34.7 Å². The van der Waals surface area contributed by atoms with Crippen LogP contribution in [0.15, 0.2) is 22.6 Å². The molecule has 0 bridgehead atoms. The average Bonchev–Trinajstić information content (AvgIpc) is 2.19. The van der Waals surface area contributed by atoms with Crippen LogP contribution >= 0.6 is 0 Å². The highest BCUT2D eigenvalue weighted by atomic mass is 32.2. The third kappa shape index (κ3) is 3.83. The first-order valence-electron chi connectivity index (χ1n) is 4.40. The predicted molar refractivity (Wildman–Crippen MR) is 54.5 cm³/mol. The monoisotopic (exact) mass is 261 g/mol. The highest BCUT2D eigenvalue weighted by Gasteiger charge is 2.19. The molecule has 0 saturated heterocycles. The molecule has 0 saturated carbocycles. The van der Waals surface area contributed by atoms with Crippen LogP contribution in [0.2, 0.25) is 0 Å². The Bertz CT molecular complexity index is 561. The molecule has 0 aliphatic heterocycles. The van der Waals surface area contributed by atoms with Gasteiger partial charge in [-0.2, -0.15) is 12.8 Å². The lowest BCUT2D eigenvalue weighted by Crippen LogP contribution is -2.21. The summed E-state index contributed by atoms with van der Waals surface area (Å²) in [7, 11) is -2.88. The van der Waals surface area contributed by atoms with Crippen LogP contribution in [-0.4, -0.2) is 30.6 Å². The summed E-state index contributed by atoms with van der Waals surface area (Å²) in [6, 6.07) is 1.57. The van der Waals surface area contributed by atoms with Gasteiger partial charge in [0.1, 0.15) is 11.6 Å². The number of rotatable bonds is 4. The van der Waals surface area contributed by atoms with Crippen LogP contribution in [0.5, 0.6) is 5.75 Å². The topological polar surface area (TPSA) is 104 Å². The standard InChI is InChI=1S/C9H8FNO5S/c10-7-4-6(12)2-1-5(7)3-8(9(13)14)11-17(15)16/h1-2,4,8,12H,3H2,(H,13,14). The van der Waals surface area contributed by atoms with Crippen molar-refractivity contribution in [1.29, 1.82) is 0 Å². The molecule has 6 nitrogen and oxygen atoms in total. The zero-order valence-electron chi connectivity index (χ0n) is 8.37. The normalized spacial score (nSPS) is 11.8. The maximum Gasteiger partial charge on any atom is 0.330 e. The second-order valence-corrected chi connectivity index (χ2v) is 3.80. The maximum absolute atomic E-state index is 13.3. The van der Waals surface area contributed by atoms with Gasteiger partial charge in [-0.3, -0.25) is 0 Å². The molecule has 1 unspecified atom stereocenters. The van der Waals surface area contributed by atoms with Crippen LogP contribution in [0.1, 0.15) is 5.56 Å². The number of phenols is 1. The molecule has 1 aromatic carbocycles. The van der Waals surface area contributed by atoms with Crippen LogP contribution in [0.25, 0.3) is 0 Å². The van der Waals surface area contributed by atoms with Gasteiger partial charge in [0.05, 0.1) is 0 Å². The number of nitrogens with zero attached hydrogens (tertiary/aromatic N) is 1. The molecule has 0 amide bonds. The number of hydrogen-bond donors (Lipinski definition) is 2. The number of phenolic OH excluding ortho intramolecular Hbond substituents is 1. The minimum atomic E-state index is -2.88. The molecule has 0 fully saturated rings. The van der Waals surface area contributed by atoms with Gasteiger partial charge in [0.25, 0.3) is 0 Å². The van der Waals surface area contributed by atoms with Gasteiger partial charge in [-0.25, -0.2) is 9.18 Å². The summed E-state index contributed by atoms with van der Waals surface area (Å²) in [4.78, 5) is 10.7. The lowest BCUT2D eigenvalue weighted by molar-refractivity contribution is -0.138. The molecule has 92 valence electrons. The van der Waals surface area contributed by atoms with Crippen LogP contribution in [0, 0.1) is 5.82 Å². The van der Waals surface area contributed by atoms with E-state index in [1.165, 1.54) is 12.1 Å². The second-order valence-electron chi connectivity index (χ2n) is 3.16. The first-order chi connectivity index (χ1) is 7.90. The third-order valence-corrected chi connectivity index (χ3v) is 2.37. The Labute approximate surface area is 97.0 Å². The molecule has 0 heterocycles. The van der Waals surface area contributed by atoms with Crippen molar-refractivity contribution in [1.82, 2.24) is 0 Å². The summed E-state index contributed by atoms with van der Waals surface area (Å²) in [5, 5.41) is 17.6. The predicted octanol–water partition coefficient (Wildman–Crippen LogP) is 0.590. The Balaban J connectivity index is 3.02. The Morgan fingerprint density at radius 2 is 2.12 bits per heavy atom. The first kappa shape index (κ1) is 13.1. The van der Waals surface area contributed by atoms with Crippen molar-refractivity contribution >= 4 is 16.5 Å². The first-order valence-corrected chi connectivity index (χ1v) is 5.43. The molecule has 0 spiro atoms. The molecular formula is C9H8FNO5S. The van der Waals surface area contributed by atoms with Gasteiger partial charge in [-0.15, -0.1) is 0 Å². The van der Waals surface area contributed by atoms with E-state index in [1.807, 2.05) is 0 Å². The lowest BCUT2D eigenvalue weighted by Gasteiger charge is -2.06. The van der Waals surface area contributed by atoms with E-state index >= 15 is 0 Å². The van der Waals surface area contributed by atoms with Gasteiger partial charge in [0.2, 0.25) is 0 Å². The third-order valence-electron chi connectivity index (χ3n) is 1.95. The van der Waals surface area contributed by atoms with Crippen LogP contribution in [0.3, 0.4) is 0 Å². The average molecular weight is 261 g/mol. The highest BCUT2D eigenvalue weighted by Crippen LogP contribution is 2.17. The van der Waals surface area contributed by atoms with Gasteiger partial charge in [-0.1, -0.05) is 6.07 Å². The fourth-order valence-electron chi connectivity index (χ4n) is 1.18. The Morgan fingerprint density at radius 1 is 1.47 bits per heavy atom. The number of carboxylic acids is 1. The van der Waals surface area contributed by atoms with Gasteiger partial charge < -0.3 is 10.2 Å². The van der Waals surface area contributed by atoms with Gasteiger partial charge in [-0.05, 0) is 11.6 Å². The van der Waals surface area contributed by atoms with Crippen molar-refractivity contribution in [3.05, 3.63) is 29.6 Å². The molecule has 0 aliphatic rings. The van der Waals surface area contributed by atoms with E-state index in [9.17, 15) is 17.6 Å². The Hall–Kier alpha value is -1.96. The van der Waals surface area contributed by atoms with E-state index in [4.69, 9.17) is 10.2 Å².